The minimum atomic E-state index is -4.43. The molecule has 0 radical (unpaired) electrons. The largest absolute Gasteiger partial charge is 0.416 e. The van der Waals surface area contributed by atoms with E-state index in [1.807, 2.05) is 19.0 Å². The molecule has 1 aromatic rings. The number of alkyl halides is 3. The summed E-state index contributed by atoms with van der Waals surface area (Å²) in [5.74, 6) is -0.409. The third-order valence-corrected chi connectivity index (χ3v) is 2.67. The van der Waals surface area contributed by atoms with Crippen molar-refractivity contribution >= 4 is 5.91 Å². The van der Waals surface area contributed by atoms with Crippen LogP contribution in [0.5, 0.6) is 0 Å². The van der Waals surface area contributed by atoms with Gasteiger partial charge in [0.05, 0.1) is 5.56 Å². The second kappa shape index (κ2) is 6.06. The average Bonchev–Trinajstić information content (AvgIpc) is 2.34. The molecule has 3 nitrogen and oxygen atoms in total. The molecular weight excluding hydrogens is 257 g/mol. The second-order valence-electron chi connectivity index (χ2n) is 4.61. The molecule has 0 saturated heterocycles. The van der Waals surface area contributed by atoms with Gasteiger partial charge >= 0.3 is 6.18 Å². The molecule has 0 N–H and O–H groups in total. The number of amides is 1. The molecule has 1 amide bonds. The van der Waals surface area contributed by atoms with Crippen molar-refractivity contribution in [1.82, 2.24) is 9.80 Å². The Labute approximate surface area is 110 Å². The van der Waals surface area contributed by atoms with E-state index in [9.17, 15) is 18.0 Å². The maximum atomic E-state index is 12.6. The lowest BCUT2D eigenvalue weighted by Crippen LogP contribution is -2.33. The number of halogens is 3. The van der Waals surface area contributed by atoms with E-state index in [0.29, 0.717) is 13.1 Å². The van der Waals surface area contributed by atoms with Crippen molar-refractivity contribution in [2.24, 2.45) is 0 Å². The van der Waals surface area contributed by atoms with Gasteiger partial charge in [0.15, 0.2) is 0 Å². The molecule has 0 aromatic heterocycles. The van der Waals surface area contributed by atoms with Gasteiger partial charge in [-0.05, 0) is 32.3 Å². The summed E-state index contributed by atoms with van der Waals surface area (Å²) in [6.45, 7) is 1.11. The summed E-state index contributed by atoms with van der Waals surface area (Å²) in [5, 5.41) is 0. The lowest BCUT2D eigenvalue weighted by Gasteiger charge is -2.20. The molecule has 0 bridgehead atoms. The van der Waals surface area contributed by atoms with Gasteiger partial charge in [0.1, 0.15) is 0 Å². The average molecular weight is 274 g/mol. The topological polar surface area (TPSA) is 23.6 Å². The van der Waals surface area contributed by atoms with E-state index in [0.717, 1.165) is 12.1 Å². The summed E-state index contributed by atoms with van der Waals surface area (Å²) in [5.41, 5.74) is -0.754. The molecule has 1 aromatic carbocycles. The SMILES string of the molecule is CN(C)CCN(C)C(=O)c1cccc(C(F)(F)F)c1. The van der Waals surface area contributed by atoms with Crippen molar-refractivity contribution in [3.05, 3.63) is 35.4 Å². The van der Waals surface area contributed by atoms with E-state index in [-0.39, 0.29) is 5.56 Å². The van der Waals surface area contributed by atoms with Crippen LogP contribution in [0.2, 0.25) is 0 Å². The Kier molecular flexibility index (Phi) is 4.94. The van der Waals surface area contributed by atoms with Crippen molar-refractivity contribution in [3.8, 4) is 0 Å². The number of benzene rings is 1. The van der Waals surface area contributed by atoms with Crippen LogP contribution in [0.1, 0.15) is 15.9 Å². The zero-order chi connectivity index (χ0) is 14.6. The number of carbonyl (C=O) groups excluding carboxylic acids is 1. The van der Waals surface area contributed by atoms with Crippen LogP contribution >= 0.6 is 0 Å². The van der Waals surface area contributed by atoms with Crippen LogP contribution < -0.4 is 0 Å². The van der Waals surface area contributed by atoms with Gasteiger partial charge in [0.2, 0.25) is 0 Å². The van der Waals surface area contributed by atoms with Crippen LogP contribution in [0.15, 0.2) is 24.3 Å². The lowest BCUT2D eigenvalue weighted by molar-refractivity contribution is -0.137. The maximum Gasteiger partial charge on any atom is 0.416 e. The molecule has 6 heteroatoms. The van der Waals surface area contributed by atoms with Crippen molar-refractivity contribution in [1.29, 1.82) is 0 Å². The summed E-state index contributed by atoms with van der Waals surface area (Å²) in [6, 6.07) is 4.48. The minimum absolute atomic E-state index is 0.0519. The molecule has 19 heavy (non-hydrogen) atoms. The Bertz CT molecular complexity index is 444. The molecular formula is C13H17F3N2O. The Balaban J connectivity index is 2.82. The van der Waals surface area contributed by atoms with Gasteiger partial charge in [-0.15, -0.1) is 0 Å². The van der Waals surface area contributed by atoms with Gasteiger partial charge in [-0.3, -0.25) is 4.79 Å². The third kappa shape index (κ3) is 4.55. The van der Waals surface area contributed by atoms with Crippen molar-refractivity contribution in [3.63, 3.8) is 0 Å². The molecule has 106 valence electrons. The van der Waals surface area contributed by atoms with Crippen molar-refractivity contribution in [2.45, 2.75) is 6.18 Å². The normalized spacial score (nSPS) is 11.7. The molecule has 0 saturated carbocycles. The van der Waals surface area contributed by atoms with E-state index in [4.69, 9.17) is 0 Å². The fourth-order valence-electron chi connectivity index (χ4n) is 1.50. The van der Waals surface area contributed by atoms with Crippen LogP contribution in [-0.4, -0.2) is 49.9 Å². The Hall–Kier alpha value is -1.56. The highest BCUT2D eigenvalue weighted by Gasteiger charge is 2.31. The van der Waals surface area contributed by atoms with Gasteiger partial charge in [-0.2, -0.15) is 13.2 Å². The molecule has 0 aliphatic heterocycles. The zero-order valence-electron chi connectivity index (χ0n) is 11.2. The second-order valence-corrected chi connectivity index (χ2v) is 4.61. The molecule has 0 unspecified atom stereocenters. The smallest absolute Gasteiger partial charge is 0.340 e. The van der Waals surface area contributed by atoms with E-state index < -0.39 is 17.6 Å². The lowest BCUT2D eigenvalue weighted by atomic mass is 10.1. The Morgan fingerprint density at radius 3 is 2.32 bits per heavy atom. The van der Waals surface area contributed by atoms with Gasteiger partial charge in [0.25, 0.3) is 5.91 Å². The first-order chi connectivity index (χ1) is 8.71. The molecule has 0 heterocycles. The maximum absolute atomic E-state index is 12.6. The quantitative estimate of drug-likeness (QED) is 0.841. The third-order valence-electron chi connectivity index (χ3n) is 2.67. The first kappa shape index (κ1) is 15.5. The first-order valence-corrected chi connectivity index (χ1v) is 5.79. The Morgan fingerprint density at radius 2 is 1.79 bits per heavy atom. The van der Waals surface area contributed by atoms with Gasteiger partial charge in [-0.1, -0.05) is 6.07 Å². The van der Waals surface area contributed by atoms with Gasteiger partial charge in [-0.25, -0.2) is 0 Å². The van der Waals surface area contributed by atoms with Crippen LogP contribution in [0.3, 0.4) is 0 Å². The molecule has 0 atom stereocenters. The van der Waals surface area contributed by atoms with E-state index in [1.165, 1.54) is 17.0 Å². The summed E-state index contributed by atoms with van der Waals surface area (Å²) in [7, 11) is 5.30. The summed E-state index contributed by atoms with van der Waals surface area (Å²) in [4.78, 5) is 15.3. The summed E-state index contributed by atoms with van der Waals surface area (Å²) in [6.07, 6.45) is -4.43. The van der Waals surface area contributed by atoms with Gasteiger partial charge < -0.3 is 9.80 Å². The highest BCUT2D eigenvalue weighted by Crippen LogP contribution is 2.29. The van der Waals surface area contributed by atoms with Gasteiger partial charge in [0, 0.05) is 25.7 Å². The predicted octanol–water partition coefficient (Wildman–Crippen LogP) is 2.34. The van der Waals surface area contributed by atoms with Crippen molar-refractivity contribution < 1.29 is 18.0 Å². The monoisotopic (exact) mass is 274 g/mol. The van der Waals surface area contributed by atoms with E-state index >= 15 is 0 Å². The number of rotatable bonds is 4. The van der Waals surface area contributed by atoms with Crippen LogP contribution in [-0.2, 0) is 6.18 Å². The molecule has 0 spiro atoms. The first-order valence-electron chi connectivity index (χ1n) is 5.79. The zero-order valence-corrected chi connectivity index (χ0v) is 11.2. The number of nitrogens with zero attached hydrogens (tertiary/aromatic N) is 2. The number of likely N-dealkylation sites (N-methyl/N-ethyl adjacent to an activating group) is 2. The highest BCUT2D eigenvalue weighted by molar-refractivity contribution is 5.94. The van der Waals surface area contributed by atoms with Crippen LogP contribution in [0, 0.1) is 0 Å². The molecule has 0 aliphatic rings. The highest BCUT2D eigenvalue weighted by atomic mass is 19.4. The van der Waals surface area contributed by atoms with Crippen LogP contribution in [0.25, 0.3) is 0 Å². The van der Waals surface area contributed by atoms with E-state index in [2.05, 4.69) is 0 Å². The molecule has 0 fully saturated rings. The minimum Gasteiger partial charge on any atom is -0.340 e. The molecule has 0 aliphatic carbocycles. The van der Waals surface area contributed by atoms with E-state index in [1.54, 1.807) is 7.05 Å². The number of carbonyl (C=O) groups is 1. The van der Waals surface area contributed by atoms with Crippen LogP contribution in [0.4, 0.5) is 13.2 Å². The summed E-state index contributed by atoms with van der Waals surface area (Å²) < 4.78 is 37.7. The number of hydrogen-bond donors (Lipinski definition) is 0. The Morgan fingerprint density at radius 1 is 1.16 bits per heavy atom. The number of hydrogen-bond acceptors (Lipinski definition) is 2. The standard InChI is InChI=1S/C13H17F3N2O/c1-17(2)7-8-18(3)12(19)10-5-4-6-11(9-10)13(14,15)16/h4-6,9H,7-8H2,1-3H3. The summed E-state index contributed by atoms with van der Waals surface area (Å²) >= 11 is 0. The fraction of sp³-hybridized carbons (Fsp3) is 0.462. The predicted molar refractivity (Wildman–Crippen MR) is 67.0 cm³/mol. The molecule has 1 rings (SSSR count). The fourth-order valence-corrected chi connectivity index (χ4v) is 1.50. The van der Waals surface area contributed by atoms with Crippen molar-refractivity contribution in [2.75, 3.05) is 34.2 Å².